The summed E-state index contributed by atoms with van der Waals surface area (Å²) >= 11 is 0. The monoisotopic (exact) mass is 551 g/mol. The number of hydrogen-bond acceptors (Lipinski definition) is 6. The van der Waals surface area contributed by atoms with E-state index in [1.165, 1.54) is 59.8 Å². The second-order valence-corrected chi connectivity index (χ2v) is 11.1. The molecule has 0 aliphatic heterocycles. The van der Waals surface area contributed by atoms with Crippen molar-refractivity contribution in [2.45, 2.75) is 77.6 Å². The van der Waals surface area contributed by atoms with E-state index in [-0.39, 0.29) is 12.1 Å². The van der Waals surface area contributed by atoms with Crippen LogP contribution in [0.15, 0.2) is 30.3 Å². The molecule has 212 valence electrons. The van der Waals surface area contributed by atoms with Crippen molar-refractivity contribution >= 4 is 11.6 Å². The summed E-state index contributed by atoms with van der Waals surface area (Å²) in [5.41, 5.74) is 4.76. The molecule has 1 fully saturated rings. The fourth-order valence-electron chi connectivity index (χ4n) is 6.15. The maximum atomic E-state index is 13.3. The first-order chi connectivity index (χ1) is 19.2. The number of nitriles is 1. The maximum absolute atomic E-state index is 13.3. The zero-order valence-electron chi connectivity index (χ0n) is 23.2. The van der Waals surface area contributed by atoms with E-state index < -0.39 is 11.7 Å². The molecule has 1 saturated carbocycles. The predicted octanol–water partition coefficient (Wildman–Crippen LogP) is 6.20. The first-order valence-corrected chi connectivity index (χ1v) is 14.2. The molecular formula is C30H36F3N7. The number of alkyl halides is 3. The Balaban J connectivity index is 1.52. The zero-order valence-corrected chi connectivity index (χ0v) is 23.2. The molecule has 0 bridgehead atoms. The Morgan fingerprint density at radius 3 is 2.30 bits per heavy atom. The van der Waals surface area contributed by atoms with Crippen LogP contribution in [0.25, 0.3) is 0 Å². The van der Waals surface area contributed by atoms with E-state index in [2.05, 4.69) is 39.4 Å². The van der Waals surface area contributed by atoms with Crippen molar-refractivity contribution in [3.05, 3.63) is 63.7 Å². The smallest absolute Gasteiger partial charge is 0.371 e. The highest BCUT2D eigenvalue weighted by Gasteiger charge is 2.31. The number of aryl methyl sites for hydroxylation is 3. The lowest BCUT2D eigenvalue weighted by atomic mass is 9.89. The topological polar surface area (TPSA) is 73.9 Å². The Bertz CT molecular complexity index is 1370. The highest BCUT2D eigenvalue weighted by molar-refractivity contribution is 5.60. The minimum absolute atomic E-state index is 0.00852. The quantitative estimate of drug-likeness (QED) is 0.315. The normalized spacial score (nSPS) is 15.6. The fraction of sp³-hybridized carbons (Fsp3) is 0.533. The van der Waals surface area contributed by atoms with Crippen molar-refractivity contribution < 1.29 is 13.2 Å². The van der Waals surface area contributed by atoms with E-state index >= 15 is 0 Å². The molecule has 2 aliphatic carbocycles. The molecule has 40 heavy (non-hydrogen) atoms. The van der Waals surface area contributed by atoms with Gasteiger partial charge in [-0.15, -0.1) is 5.10 Å². The van der Waals surface area contributed by atoms with Crippen molar-refractivity contribution in [2.24, 2.45) is 13.0 Å². The summed E-state index contributed by atoms with van der Waals surface area (Å²) in [6, 6.07) is 9.97. The van der Waals surface area contributed by atoms with Gasteiger partial charge in [-0.1, -0.05) is 30.1 Å². The molecule has 0 radical (unpaired) electrons. The summed E-state index contributed by atoms with van der Waals surface area (Å²) in [5, 5.41) is 22.4. The van der Waals surface area contributed by atoms with Crippen LogP contribution >= 0.6 is 0 Å². The Kier molecular flexibility index (Phi) is 8.29. The Hall–Kier alpha value is -3.61. The average Bonchev–Trinajstić information content (AvgIpc) is 3.62. The number of hydrogen-bond donors (Lipinski definition) is 0. The van der Waals surface area contributed by atoms with E-state index in [4.69, 9.17) is 0 Å². The number of aromatic nitrogens is 4. The van der Waals surface area contributed by atoms with Gasteiger partial charge in [0, 0.05) is 31.9 Å². The van der Waals surface area contributed by atoms with Crippen LogP contribution in [-0.2, 0) is 39.2 Å². The van der Waals surface area contributed by atoms with Crippen LogP contribution in [-0.4, -0.2) is 33.3 Å². The van der Waals surface area contributed by atoms with Crippen LogP contribution < -0.4 is 9.80 Å². The van der Waals surface area contributed by atoms with Gasteiger partial charge in [-0.2, -0.15) is 23.2 Å². The molecule has 0 atom stereocenters. The van der Waals surface area contributed by atoms with E-state index in [9.17, 15) is 18.4 Å². The van der Waals surface area contributed by atoms with Gasteiger partial charge in [0.2, 0.25) is 0 Å². The zero-order chi connectivity index (χ0) is 28.3. The van der Waals surface area contributed by atoms with Gasteiger partial charge in [-0.3, -0.25) is 0 Å². The lowest BCUT2D eigenvalue weighted by Crippen LogP contribution is -2.31. The van der Waals surface area contributed by atoms with Crippen molar-refractivity contribution in [3.8, 4) is 6.07 Å². The number of tetrazole rings is 1. The van der Waals surface area contributed by atoms with Crippen molar-refractivity contribution in [1.82, 2.24) is 20.2 Å². The second-order valence-electron chi connectivity index (χ2n) is 11.1. The second kappa shape index (κ2) is 11.9. The van der Waals surface area contributed by atoms with Gasteiger partial charge in [0.05, 0.1) is 24.2 Å². The van der Waals surface area contributed by atoms with E-state index in [1.807, 2.05) is 11.0 Å². The third kappa shape index (κ3) is 6.24. The van der Waals surface area contributed by atoms with Crippen LogP contribution in [0, 0.1) is 17.2 Å². The number of nitrogens with zero attached hydrogens (tertiary/aromatic N) is 7. The molecule has 2 aromatic carbocycles. The van der Waals surface area contributed by atoms with Crippen LogP contribution in [0.2, 0.25) is 0 Å². The Morgan fingerprint density at radius 1 is 0.975 bits per heavy atom. The van der Waals surface area contributed by atoms with Gasteiger partial charge in [0.25, 0.3) is 5.95 Å². The van der Waals surface area contributed by atoms with Crippen molar-refractivity contribution in [2.75, 3.05) is 22.9 Å². The van der Waals surface area contributed by atoms with Crippen molar-refractivity contribution in [1.29, 1.82) is 5.26 Å². The molecule has 3 aromatic rings. The molecule has 1 aromatic heterocycles. The lowest BCUT2D eigenvalue weighted by molar-refractivity contribution is -0.137. The summed E-state index contributed by atoms with van der Waals surface area (Å²) in [7, 11) is 1.68. The number of fused-ring (bicyclic) bond motifs is 1. The van der Waals surface area contributed by atoms with Crippen molar-refractivity contribution in [3.63, 3.8) is 0 Å². The molecule has 10 heteroatoms. The Morgan fingerprint density at radius 2 is 1.68 bits per heavy atom. The molecule has 0 amide bonds. The van der Waals surface area contributed by atoms with Gasteiger partial charge in [-0.05, 0) is 97.0 Å². The van der Waals surface area contributed by atoms with Gasteiger partial charge < -0.3 is 9.80 Å². The average molecular weight is 552 g/mol. The summed E-state index contributed by atoms with van der Waals surface area (Å²) in [6.45, 7) is 4.73. The minimum Gasteiger partial charge on any atom is -0.371 e. The molecule has 2 aliphatic rings. The highest BCUT2D eigenvalue weighted by Crippen LogP contribution is 2.35. The molecule has 0 unspecified atom stereocenters. The standard InChI is InChI=1S/C30H36F3N7/c1-3-39(18-21-8-4-5-9-21)28-16-23-11-7-6-10-22(23)14-26(28)20-40(29-35-37-38(2)36-29)19-24-12-13-27(30(31,32)33)15-25(24)17-34/h12-16,21H,3-11,18-20H2,1-2H3. The van der Waals surface area contributed by atoms with Gasteiger partial charge >= 0.3 is 6.18 Å². The number of benzene rings is 2. The van der Waals surface area contributed by atoms with E-state index in [0.29, 0.717) is 24.0 Å². The largest absolute Gasteiger partial charge is 0.416 e. The highest BCUT2D eigenvalue weighted by atomic mass is 19.4. The Labute approximate surface area is 233 Å². The molecule has 7 nitrogen and oxygen atoms in total. The fourth-order valence-corrected chi connectivity index (χ4v) is 6.15. The van der Waals surface area contributed by atoms with Gasteiger partial charge in [-0.25, -0.2) is 0 Å². The molecule has 0 spiro atoms. The van der Waals surface area contributed by atoms with Crippen LogP contribution in [0.1, 0.15) is 78.8 Å². The summed E-state index contributed by atoms with van der Waals surface area (Å²) in [4.78, 5) is 5.77. The third-order valence-corrected chi connectivity index (χ3v) is 8.28. The molecular weight excluding hydrogens is 515 g/mol. The first-order valence-electron chi connectivity index (χ1n) is 14.2. The van der Waals surface area contributed by atoms with Crippen LogP contribution in [0.3, 0.4) is 0 Å². The number of anilines is 2. The van der Waals surface area contributed by atoms with Gasteiger partial charge in [0.15, 0.2) is 0 Å². The van der Waals surface area contributed by atoms with Crippen LogP contribution in [0.5, 0.6) is 0 Å². The first kappa shape index (κ1) is 27.9. The summed E-state index contributed by atoms with van der Waals surface area (Å²) in [6.07, 6.45) is 5.07. The van der Waals surface area contributed by atoms with Gasteiger partial charge in [0.1, 0.15) is 0 Å². The summed E-state index contributed by atoms with van der Waals surface area (Å²) in [5.74, 6) is 1.06. The lowest BCUT2D eigenvalue weighted by Gasteiger charge is -2.32. The van der Waals surface area contributed by atoms with E-state index in [0.717, 1.165) is 50.0 Å². The predicted molar refractivity (Wildman–Crippen MR) is 148 cm³/mol. The third-order valence-electron chi connectivity index (χ3n) is 8.28. The SMILES string of the molecule is CCN(CC1CCCC1)c1cc2c(cc1CN(Cc1ccc(C(F)(F)F)cc1C#N)c1nnn(C)n1)CCCC2. The van der Waals surface area contributed by atoms with E-state index in [1.54, 1.807) is 7.05 Å². The molecule has 1 heterocycles. The maximum Gasteiger partial charge on any atom is 0.416 e. The minimum atomic E-state index is -4.52. The molecule has 5 rings (SSSR count). The molecule has 0 saturated heterocycles. The number of rotatable bonds is 9. The van der Waals surface area contributed by atoms with Crippen LogP contribution in [0.4, 0.5) is 24.8 Å². The molecule has 0 N–H and O–H groups in total. The summed E-state index contributed by atoms with van der Waals surface area (Å²) < 4.78 is 40.0. The number of halogens is 3.